The van der Waals surface area contributed by atoms with Crippen molar-refractivity contribution in [3.8, 4) is 0 Å². The Balaban J connectivity index is 2.31. The fourth-order valence-corrected chi connectivity index (χ4v) is 1.78. The van der Waals surface area contributed by atoms with Crippen molar-refractivity contribution in [1.82, 2.24) is 10.2 Å². The Morgan fingerprint density at radius 3 is 2.65 bits per heavy atom. The van der Waals surface area contributed by atoms with E-state index in [9.17, 15) is 13.2 Å². The second kappa shape index (κ2) is 6.15. The lowest BCUT2D eigenvalue weighted by molar-refractivity contribution is -0.138. The van der Waals surface area contributed by atoms with E-state index in [2.05, 4.69) is 15.5 Å². The van der Waals surface area contributed by atoms with E-state index in [4.69, 9.17) is 5.11 Å². The summed E-state index contributed by atoms with van der Waals surface area (Å²) in [5, 5.41) is 17.3. The second-order valence-corrected chi connectivity index (χ2v) is 4.74. The van der Waals surface area contributed by atoms with E-state index in [0.29, 0.717) is 17.9 Å². The quantitative estimate of drug-likeness (QED) is 0.778. The predicted octanol–water partition coefficient (Wildman–Crippen LogP) is 2.38. The molecule has 0 bridgehead atoms. The fraction of sp³-hybridized carbons (Fsp3) is 0.778. The maximum Gasteiger partial charge on any atom is 0.445 e. The summed E-state index contributed by atoms with van der Waals surface area (Å²) >= 11 is 0.497. The topological polar surface area (TPSA) is 58.0 Å². The zero-order chi connectivity index (χ0) is 12.9. The number of hydrogen-bond donors (Lipinski definition) is 2. The monoisotopic (exact) mass is 269 g/mol. The molecule has 0 aromatic carbocycles. The van der Waals surface area contributed by atoms with Gasteiger partial charge in [0.15, 0.2) is 0 Å². The second-order valence-electron chi connectivity index (χ2n) is 3.77. The molecular weight excluding hydrogens is 255 g/mol. The molecule has 0 spiro atoms. The van der Waals surface area contributed by atoms with Gasteiger partial charge in [0.25, 0.3) is 0 Å². The minimum Gasteiger partial charge on any atom is -0.396 e. The van der Waals surface area contributed by atoms with Crippen molar-refractivity contribution in [3.63, 3.8) is 0 Å². The third kappa shape index (κ3) is 4.86. The van der Waals surface area contributed by atoms with Crippen molar-refractivity contribution in [1.29, 1.82) is 0 Å². The molecule has 4 nitrogen and oxygen atoms in total. The molecule has 17 heavy (non-hydrogen) atoms. The number of rotatable bonds is 6. The fourth-order valence-electron chi connectivity index (χ4n) is 1.15. The number of nitrogens with zero attached hydrogens (tertiary/aromatic N) is 2. The van der Waals surface area contributed by atoms with Crippen LogP contribution in [-0.4, -0.2) is 28.5 Å². The van der Waals surface area contributed by atoms with E-state index in [-0.39, 0.29) is 17.7 Å². The molecule has 1 atom stereocenters. The summed E-state index contributed by atoms with van der Waals surface area (Å²) < 4.78 is 36.6. The van der Waals surface area contributed by atoms with Crippen molar-refractivity contribution in [2.24, 2.45) is 5.92 Å². The molecule has 1 aromatic heterocycles. The molecule has 0 aliphatic rings. The highest BCUT2D eigenvalue weighted by Gasteiger charge is 2.35. The standard InChI is InChI=1S/C9H14F3N3OS/c1-6(5-16)3-2-4-13-8-15-14-7(17-8)9(10,11)12/h6,16H,2-5H2,1H3,(H,13,15). The number of hydrogen-bond acceptors (Lipinski definition) is 5. The van der Waals surface area contributed by atoms with Crippen molar-refractivity contribution < 1.29 is 18.3 Å². The molecule has 0 aliphatic heterocycles. The lowest BCUT2D eigenvalue weighted by Gasteiger charge is -2.06. The number of aliphatic hydroxyl groups is 1. The first-order valence-electron chi connectivity index (χ1n) is 5.19. The van der Waals surface area contributed by atoms with Crippen LogP contribution in [0.2, 0.25) is 0 Å². The zero-order valence-electron chi connectivity index (χ0n) is 9.29. The summed E-state index contributed by atoms with van der Waals surface area (Å²) in [7, 11) is 0. The van der Waals surface area contributed by atoms with Gasteiger partial charge in [-0.3, -0.25) is 0 Å². The third-order valence-corrected chi connectivity index (χ3v) is 3.05. The van der Waals surface area contributed by atoms with Crippen LogP contribution in [-0.2, 0) is 6.18 Å². The molecule has 1 heterocycles. The van der Waals surface area contributed by atoms with Gasteiger partial charge >= 0.3 is 6.18 Å². The highest BCUT2D eigenvalue weighted by molar-refractivity contribution is 7.15. The molecule has 1 aromatic rings. The number of anilines is 1. The van der Waals surface area contributed by atoms with Gasteiger partial charge < -0.3 is 10.4 Å². The summed E-state index contributed by atoms with van der Waals surface area (Å²) in [5.41, 5.74) is 0. The van der Waals surface area contributed by atoms with E-state index in [0.717, 1.165) is 12.8 Å². The van der Waals surface area contributed by atoms with Crippen LogP contribution >= 0.6 is 11.3 Å². The minimum absolute atomic E-state index is 0.122. The van der Waals surface area contributed by atoms with Crippen LogP contribution in [0.3, 0.4) is 0 Å². The van der Waals surface area contributed by atoms with E-state index in [1.807, 2.05) is 6.92 Å². The molecule has 1 rings (SSSR count). The van der Waals surface area contributed by atoms with Crippen LogP contribution in [0.15, 0.2) is 0 Å². The van der Waals surface area contributed by atoms with Gasteiger partial charge in [0.05, 0.1) is 0 Å². The van der Waals surface area contributed by atoms with Gasteiger partial charge in [0.2, 0.25) is 10.1 Å². The van der Waals surface area contributed by atoms with E-state index < -0.39 is 11.2 Å². The number of alkyl halides is 3. The molecule has 1 unspecified atom stereocenters. The van der Waals surface area contributed by atoms with E-state index >= 15 is 0 Å². The Hall–Kier alpha value is -0.890. The first kappa shape index (κ1) is 14.2. The largest absolute Gasteiger partial charge is 0.445 e. The lowest BCUT2D eigenvalue weighted by atomic mass is 10.1. The Kier molecular flexibility index (Phi) is 5.13. The van der Waals surface area contributed by atoms with Crippen LogP contribution in [0.1, 0.15) is 24.8 Å². The molecule has 8 heteroatoms. The Morgan fingerprint density at radius 1 is 1.41 bits per heavy atom. The van der Waals surface area contributed by atoms with E-state index in [1.165, 1.54) is 0 Å². The number of aromatic nitrogens is 2. The van der Waals surface area contributed by atoms with Gasteiger partial charge in [0, 0.05) is 13.2 Å². The predicted molar refractivity (Wildman–Crippen MR) is 58.9 cm³/mol. The molecule has 0 fully saturated rings. The average molecular weight is 269 g/mol. The highest BCUT2D eigenvalue weighted by Crippen LogP contribution is 2.32. The van der Waals surface area contributed by atoms with Crippen LogP contribution in [0.4, 0.5) is 18.3 Å². The maximum atomic E-state index is 12.2. The van der Waals surface area contributed by atoms with Gasteiger partial charge in [0.1, 0.15) is 0 Å². The maximum absolute atomic E-state index is 12.2. The first-order chi connectivity index (χ1) is 7.93. The van der Waals surface area contributed by atoms with Gasteiger partial charge in [-0.1, -0.05) is 18.3 Å². The normalized spacial score (nSPS) is 13.7. The summed E-state index contributed by atoms with van der Waals surface area (Å²) in [6.45, 7) is 2.56. The Morgan fingerprint density at radius 2 is 2.12 bits per heavy atom. The molecule has 0 aliphatic carbocycles. The van der Waals surface area contributed by atoms with Gasteiger partial charge in [-0.05, 0) is 18.8 Å². The summed E-state index contributed by atoms with van der Waals surface area (Å²) in [5.74, 6) is 0.206. The van der Waals surface area contributed by atoms with Crippen molar-refractivity contribution in [2.45, 2.75) is 25.9 Å². The van der Waals surface area contributed by atoms with Gasteiger partial charge in [-0.15, -0.1) is 10.2 Å². The molecule has 0 saturated carbocycles. The molecule has 0 saturated heterocycles. The Labute approximate surface area is 101 Å². The number of halogens is 3. The highest BCUT2D eigenvalue weighted by atomic mass is 32.1. The van der Waals surface area contributed by atoms with Gasteiger partial charge in [-0.2, -0.15) is 13.2 Å². The van der Waals surface area contributed by atoms with Crippen LogP contribution in [0, 0.1) is 5.92 Å². The summed E-state index contributed by atoms with van der Waals surface area (Å²) in [6, 6.07) is 0. The van der Waals surface area contributed by atoms with Crippen LogP contribution < -0.4 is 5.32 Å². The van der Waals surface area contributed by atoms with Crippen LogP contribution in [0.5, 0.6) is 0 Å². The molecular formula is C9H14F3N3OS. The summed E-state index contributed by atoms with van der Waals surface area (Å²) in [4.78, 5) is 0. The summed E-state index contributed by atoms with van der Waals surface area (Å²) in [6.07, 6.45) is -2.85. The molecule has 0 radical (unpaired) electrons. The lowest BCUT2D eigenvalue weighted by Crippen LogP contribution is -2.06. The van der Waals surface area contributed by atoms with E-state index in [1.54, 1.807) is 0 Å². The zero-order valence-corrected chi connectivity index (χ0v) is 10.1. The van der Waals surface area contributed by atoms with Gasteiger partial charge in [-0.25, -0.2) is 0 Å². The number of nitrogens with one attached hydrogen (secondary N) is 1. The molecule has 98 valence electrons. The number of aliphatic hydroxyl groups excluding tert-OH is 1. The third-order valence-electron chi connectivity index (χ3n) is 2.13. The SMILES string of the molecule is CC(CO)CCCNc1nnc(C(F)(F)F)s1. The Bertz CT molecular complexity index is 342. The van der Waals surface area contributed by atoms with Crippen molar-refractivity contribution >= 4 is 16.5 Å². The molecule has 0 amide bonds. The smallest absolute Gasteiger partial charge is 0.396 e. The van der Waals surface area contributed by atoms with Crippen molar-refractivity contribution in [2.75, 3.05) is 18.5 Å². The van der Waals surface area contributed by atoms with Crippen molar-refractivity contribution in [3.05, 3.63) is 5.01 Å². The average Bonchev–Trinajstić information content (AvgIpc) is 2.72. The van der Waals surface area contributed by atoms with Crippen LogP contribution in [0.25, 0.3) is 0 Å². The molecule has 2 N–H and O–H groups in total. The first-order valence-corrected chi connectivity index (χ1v) is 6.00. The minimum atomic E-state index is -4.43.